The number of carbonyl (C=O) groups excluding carboxylic acids is 5. The van der Waals surface area contributed by atoms with Gasteiger partial charge in [0.15, 0.2) is 12.2 Å². The van der Waals surface area contributed by atoms with Crippen LogP contribution < -0.4 is 0 Å². The van der Waals surface area contributed by atoms with E-state index < -0.39 is 88.8 Å². The molecule has 12 heteroatoms. The molecule has 0 radical (unpaired) electrons. The summed E-state index contributed by atoms with van der Waals surface area (Å²) in [6, 6.07) is 17.2. The Morgan fingerprint density at radius 1 is 0.833 bits per heavy atom. The second kappa shape index (κ2) is 15.3. The molecule has 12 nitrogen and oxygen atoms in total. The summed E-state index contributed by atoms with van der Waals surface area (Å²) in [4.78, 5) is 66.6. The molecule has 54 heavy (non-hydrogen) atoms. The topological polar surface area (TPSA) is 172 Å². The Kier molecular flexibility index (Phi) is 11.4. The molecule has 0 aliphatic heterocycles. The van der Waals surface area contributed by atoms with E-state index in [-0.39, 0.29) is 29.6 Å². The van der Waals surface area contributed by atoms with Crippen molar-refractivity contribution in [3.63, 3.8) is 0 Å². The minimum Gasteiger partial charge on any atom is -0.462 e. The molecule has 2 saturated carbocycles. The van der Waals surface area contributed by atoms with E-state index in [4.69, 9.17) is 23.7 Å². The summed E-state index contributed by atoms with van der Waals surface area (Å²) in [5, 5.41) is 24.0. The lowest BCUT2D eigenvalue weighted by Gasteiger charge is -2.55. The van der Waals surface area contributed by atoms with Gasteiger partial charge in [0.25, 0.3) is 0 Å². The average Bonchev–Trinajstić information content (AvgIpc) is 3.36. The summed E-state index contributed by atoms with van der Waals surface area (Å²) >= 11 is 0. The molecule has 288 valence electrons. The molecule has 0 aromatic heterocycles. The second-order valence-corrected chi connectivity index (χ2v) is 15.0. The first-order chi connectivity index (χ1) is 25.3. The Labute approximate surface area is 314 Å². The van der Waals surface area contributed by atoms with Crippen molar-refractivity contribution in [2.24, 2.45) is 16.7 Å². The molecule has 9 atom stereocenters. The average molecular weight is 745 g/mol. The monoisotopic (exact) mass is 744 g/mol. The number of fused-ring (bicyclic) bond motifs is 2. The van der Waals surface area contributed by atoms with Crippen molar-refractivity contribution in [2.75, 3.05) is 0 Å². The Bertz CT molecular complexity index is 1860. The molecule has 0 bridgehead atoms. The van der Waals surface area contributed by atoms with Crippen LogP contribution in [0.2, 0.25) is 0 Å². The quantitative estimate of drug-likeness (QED) is 0.152. The van der Waals surface area contributed by atoms with Gasteiger partial charge in [-0.2, -0.15) is 0 Å². The van der Waals surface area contributed by atoms with E-state index in [1.54, 1.807) is 38.1 Å². The zero-order valence-corrected chi connectivity index (χ0v) is 31.6. The fraction of sp³-hybridized carbons (Fsp3) is 0.452. The fourth-order valence-corrected chi connectivity index (χ4v) is 8.82. The van der Waals surface area contributed by atoms with Gasteiger partial charge < -0.3 is 33.9 Å². The fourth-order valence-electron chi connectivity index (χ4n) is 8.82. The van der Waals surface area contributed by atoms with Gasteiger partial charge in [0.1, 0.15) is 18.3 Å². The first-order valence-electron chi connectivity index (χ1n) is 17.8. The Morgan fingerprint density at radius 3 is 1.94 bits per heavy atom. The van der Waals surface area contributed by atoms with Gasteiger partial charge in [0, 0.05) is 45.6 Å². The molecule has 0 saturated heterocycles. The smallest absolute Gasteiger partial charge is 0.338 e. The lowest BCUT2D eigenvalue weighted by molar-refractivity contribution is -0.214. The Balaban J connectivity index is 1.83. The van der Waals surface area contributed by atoms with Crippen LogP contribution >= 0.6 is 0 Å². The van der Waals surface area contributed by atoms with Crippen LogP contribution in [0.15, 0.2) is 90.0 Å². The lowest BCUT2D eigenvalue weighted by atomic mass is 9.54. The molecule has 0 spiro atoms. The third-order valence-electron chi connectivity index (χ3n) is 11.2. The molecular weight excluding hydrogens is 696 g/mol. The van der Waals surface area contributed by atoms with Crippen LogP contribution in [0.25, 0.3) is 6.08 Å². The number of ether oxygens (including phenoxy) is 5. The maximum atomic E-state index is 14.1. The summed E-state index contributed by atoms with van der Waals surface area (Å²) in [5.41, 5.74) is -3.68. The largest absolute Gasteiger partial charge is 0.462 e. The summed E-state index contributed by atoms with van der Waals surface area (Å²) < 4.78 is 30.7. The third-order valence-corrected chi connectivity index (χ3v) is 11.2. The van der Waals surface area contributed by atoms with Crippen LogP contribution in [0.5, 0.6) is 0 Å². The number of rotatable bonds is 9. The van der Waals surface area contributed by atoms with Crippen molar-refractivity contribution in [1.29, 1.82) is 0 Å². The molecule has 2 aromatic rings. The molecule has 3 aliphatic carbocycles. The van der Waals surface area contributed by atoms with E-state index in [0.29, 0.717) is 5.57 Å². The molecule has 2 fully saturated rings. The van der Waals surface area contributed by atoms with E-state index in [9.17, 15) is 34.2 Å². The third kappa shape index (κ3) is 7.37. The van der Waals surface area contributed by atoms with E-state index in [1.807, 2.05) is 30.3 Å². The van der Waals surface area contributed by atoms with Gasteiger partial charge in [-0.1, -0.05) is 62.0 Å². The predicted octanol–water partition coefficient (Wildman–Crippen LogP) is 5.07. The first kappa shape index (κ1) is 40.1. The highest BCUT2D eigenvalue weighted by Crippen LogP contribution is 2.66. The second-order valence-electron chi connectivity index (χ2n) is 15.0. The van der Waals surface area contributed by atoms with Crippen LogP contribution in [0.1, 0.15) is 77.2 Å². The highest BCUT2D eigenvalue weighted by Gasteiger charge is 2.74. The van der Waals surface area contributed by atoms with Crippen LogP contribution in [0.3, 0.4) is 0 Å². The number of hydrogen-bond donors (Lipinski definition) is 2. The SMILES string of the molecule is C=C1[C@H](O)C[C@H](OC(C)=O)[C@@]2(C)[C@@H](OC(C)=O)[C@H](OC(=O)c3ccccc3)C3=C(C)[C@H](OC(=O)/C=C\c4ccccc4)C[C@@]3(C(C)(C)O)[C@H](OC(C)=O)[C@H]12. The minimum atomic E-state index is -1.87. The lowest BCUT2D eigenvalue weighted by Crippen LogP contribution is -2.64. The highest BCUT2D eigenvalue weighted by molar-refractivity contribution is 5.90. The molecule has 5 rings (SSSR count). The van der Waals surface area contributed by atoms with Crippen LogP contribution in [-0.4, -0.2) is 82.3 Å². The Hall–Kier alpha value is -5.07. The number of aliphatic hydroxyl groups excluding tert-OH is 1. The first-order valence-corrected chi connectivity index (χ1v) is 17.8. The molecule has 2 aromatic carbocycles. The molecule has 3 aliphatic rings. The Morgan fingerprint density at radius 2 is 1.39 bits per heavy atom. The molecular formula is C42H48O12. The van der Waals surface area contributed by atoms with Crippen molar-refractivity contribution < 1.29 is 57.9 Å². The summed E-state index contributed by atoms with van der Waals surface area (Å²) in [6.07, 6.45) is -5.62. The van der Waals surface area contributed by atoms with E-state index in [0.717, 1.165) is 5.56 Å². The minimum absolute atomic E-state index is 0.145. The maximum absolute atomic E-state index is 14.1. The molecule has 0 unspecified atom stereocenters. The van der Waals surface area contributed by atoms with Crippen molar-refractivity contribution >= 4 is 35.9 Å². The standard InChI is InChI=1S/C42H48O12/c1-23-30(46)21-32(50-25(3)43)41(8)35(23)37(51-26(4)44)42(40(6,7)49)22-31(53-33(47)20-19-28-15-11-9-12-16-28)24(2)34(42)36(38(41)52-27(5)45)54-39(48)29-17-13-10-14-18-29/h9-20,30-32,35-38,46,49H,1,21-22H2,2-8H3/b20-19-/t30-,31-,32+,35+,36-,37-,38+,41-,42+/m1/s1. The number of hydrogen-bond acceptors (Lipinski definition) is 12. The van der Waals surface area contributed by atoms with Crippen LogP contribution in [0.4, 0.5) is 0 Å². The molecule has 0 heterocycles. The van der Waals surface area contributed by atoms with Gasteiger partial charge in [-0.05, 0) is 61.3 Å². The number of benzene rings is 2. The predicted molar refractivity (Wildman–Crippen MR) is 195 cm³/mol. The van der Waals surface area contributed by atoms with Gasteiger partial charge in [-0.3, -0.25) is 14.4 Å². The molecule has 0 amide bonds. The van der Waals surface area contributed by atoms with E-state index in [2.05, 4.69) is 6.58 Å². The highest BCUT2D eigenvalue weighted by atomic mass is 16.6. The van der Waals surface area contributed by atoms with Crippen LogP contribution in [0, 0.1) is 16.7 Å². The molecule has 2 N–H and O–H groups in total. The summed E-state index contributed by atoms with van der Waals surface area (Å²) in [6.45, 7) is 14.0. The number of carbonyl (C=O) groups is 5. The normalized spacial score (nSPS) is 30.8. The maximum Gasteiger partial charge on any atom is 0.338 e. The van der Waals surface area contributed by atoms with Crippen molar-refractivity contribution in [3.8, 4) is 0 Å². The van der Waals surface area contributed by atoms with Crippen molar-refractivity contribution in [3.05, 3.63) is 101 Å². The number of esters is 5. The zero-order valence-electron chi connectivity index (χ0n) is 31.6. The van der Waals surface area contributed by atoms with Crippen LogP contribution in [-0.2, 0) is 42.9 Å². The van der Waals surface area contributed by atoms with Gasteiger partial charge >= 0.3 is 29.8 Å². The van der Waals surface area contributed by atoms with Gasteiger partial charge in [-0.15, -0.1) is 0 Å². The van der Waals surface area contributed by atoms with Gasteiger partial charge in [-0.25, -0.2) is 9.59 Å². The van der Waals surface area contributed by atoms with E-state index in [1.165, 1.54) is 52.8 Å². The summed E-state index contributed by atoms with van der Waals surface area (Å²) in [5.74, 6) is -5.02. The van der Waals surface area contributed by atoms with Gasteiger partial charge in [0.05, 0.1) is 28.1 Å². The van der Waals surface area contributed by atoms with E-state index >= 15 is 0 Å². The van der Waals surface area contributed by atoms with Gasteiger partial charge in [0.2, 0.25) is 0 Å². The summed E-state index contributed by atoms with van der Waals surface area (Å²) in [7, 11) is 0. The van der Waals surface area contributed by atoms with Crippen molar-refractivity contribution in [2.45, 2.75) is 104 Å². The van der Waals surface area contributed by atoms with Crippen molar-refractivity contribution in [1.82, 2.24) is 0 Å². The zero-order chi connectivity index (χ0) is 39.7. The number of aliphatic hydroxyl groups is 2.